The number of fused-ring (bicyclic) bond motifs is 1. The number of ether oxygens (including phenoxy) is 3. The summed E-state index contributed by atoms with van der Waals surface area (Å²) in [6.07, 6.45) is 3.51. The molecule has 8 heteroatoms. The summed E-state index contributed by atoms with van der Waals surface area (Å²) in [5.74, 6) is 1.74. The second kappa shape index (κ2) is 10.6. The third kappa shape index (κ3) is 4.93. The van der Waals surface area contributed by atoms with Gasteiger partial charge in [0.15, 0.2) is 0 Å². The van der Waals surface area contributed by atoms with E-state index in [1.807, 2.05) is 54.6 Å². The average molecular weight is 640 g/mol. The highest BCUT2D eigenvalue weighted by Crippen LogP contribution is 2.53. The van der Waals surface area contributed by atoms with Crippen LogP contribution in [-0.4, -0.2) is 29.5 Å². The van der Waals surface area contributed by atoms with Crippen LogP contribution in [0.5, 0.6) is 34.5 Å². The average Bonchev–Trinajstić information content (AvgIpc) is 3.29. The molecule has 0 amide bonds. The van der Waals surface area contributed by atoms with E-state index in [9.17, 15) is 15.3 Å². The zero-order valence-corrected chi connectivity index (χ0v) is 23.7. The molecule has 5 rings (SSSR count). The van der Waals surface area contributed by atoms with Gasteiger partial charge in [0.1, 0.15) is 40.6 Å². The van der Waals surface area contributed by atoms with Crippen LogP contribution in [0.4, 0.5) is 0 Å². The van der Waals surface area contributed by atoms with Crippen molar-refractivity contribution in [2.75, 3.05) is 14.2 Å². The molecule has 4 aromatic rings. The fraction of sp³-hybridized carbons (Fsp3) is 0.133. The second-order valence-corrected chi connectivity index (χ2v) is 10.4. The minimum Gasteiger partial charge on any atom is -0.508 e. The number of aromatic hydroxyl groups is 3. The maximum atomic E-state index is 10.4. The molecule has 0 fully saturated rings. The number of methoxy groups -OCH3 is 2. The minimum absolute atomic E-state index is 0.0496. The molecule has 38 heavy (non-hydrogen) atoms. The lowest BCUT2D eigenvalue weighted by atomic mass is 9.84. The summed E-state index contributed by atoms with van der Waals surface area (Å²) in [6, 6.07) is 19.4. The first kappa shape index (κ1) is 26.0. The number of halogens is 2. The first-order chi connectivity index (χ1) is 18.3. The van der Waals surface area contributed by atoms with Crippen LogP contribution in [0.3, 0.4) is 0 Å². The largest absolute Gasteiger partial charge is 0.508 e. The van der Waals surface area contributed by atoms with Crippen LogP contribution in [0.25, 0.3) is 12.2 Å². The van der Waals surface area contributed by atoms with Crippen LogP contribution in [0.2, 0.25) is 0 Å². The molecule has 6 nitrogen and oxygen atoms in total. The Kier molecular flexibility index (Phi) is 7.27. The summed E-state index contributed by atoms with van der Waals surface area (Å²) in [7, 11) is 3.22. The van der Waals surface area contributed by atoms with E-state index in [0.29, 0.717) is 27.3 Å². The van der Waals surface area contributed by atoms with Gasteiger partial charge in [-0.05, 0) is 90.5 Å². The van der Waals surface area contributed by atoms with Gasteiger partial charge in [-0.15, -0.1) is 0 Å². The van der Waals surface area contributed by atoms with Gasteiger partial charge >= 0.3 is 0 Å². The van der Waals surface area contributed by atoms with E-state index >= 15 is 0 Å². The van der Waals surface area contributed by atoms with Gasteiger partial charge in [-0.25, -0.2) is 0 Å². The molecule has 3 N–H and O–H groups in total. The van der Waals surface area contributed by atoms with E-state index < -0.39 is 6.10 Å². The van der Waals surface area contributed by atoms with Crippen molar-refractivity contribution in [2.45, 2.75) is 12.0 Å². The predicted molar refractivity (Wildman–Crippen MR) is 153 cm³/mol. The quantitative estimate of drug-likeness (QED) is 0.187. The molecule has 2 atom stereocenters. The fourth-order valence-corrected chi connectivity index (χ4v) is 5.65. The highest BCUT2D eigenvalue weighted by atomic mass is 79.9. The van der Waals surface area contributed by atoms with Gasteiger partial charge in [-0.3, -0.25) is 0 Å². The van der Waals surface area contributed by atoms with E-state index in [0.717, 1.165) is 26.7 Å². The summed E-state index contributed by atoms with van der Waals surface area (Å²) in [5, 5.41) is 30.6. The molecular weight excluding hydrogens is 616 g/mol. The molecule has 0 aromatic heterocycles. The summed E-state index contributed by atoms with van der Waals surface area (Å²) in [5.41, 5.74) is 4.25. The Hall–Kier alpha value is -3.62. The van der Waals surface area contributed by atoms with E-state index in [1.165, 1.54) is 6.07 Å². The Morgan fingerprint density at radius 3 is 2.24 bits per heavy atom. The van der Waals surface area contributed by atoms with Crippen molar-refractivity contribution in [3.05, 3.63) is 103 Å². The molecule has 194 valence electrons. The molecule has 0 radical (unpaired) electrons. The van der Waals surface area contributed by atoms with Crippen LogP contribution in [0.1, 0.15) is 39.8 Å². The standard InChI is InChI=1S/C30H24Br2O6/c1-36-21-12-18(28(31)26(15-21)37-2)5-3-16-4-10-25-22(11-16)27(23-13-20(34)14-24(35)29(23)32)30(38-25)17-6-8-19(33)9-7-17/h3-15,27,30,33-35H,1-2H3/b5-3+. The molecular formula is C30H24Br2O6. The maximum Gasteiger partial charge on any atom is 0.137 e. The van der Waals surface area contributed by atoms with Crippen LogP contribution >= 0.6 is 31.9 Å². The van der Waals surface area contributed by atoms with Crippen molar-refractivity contribution in [1.29, 1.82) is 0 Å². The lowest BCUT2D eigenvalue weighted by Gasteiger charge is -2.22. The highest BCUT2D eigenvalue weighted by Gasteiger charge is 2.38. The number of rotatable bonds is 6. The van der Waals surface area contributed by atoms with Crippen molar-refractivity contribution >= 4 is 44.0 Å². The zero-order valence-electron chi connectivity index (χ0n) is 20.5. The van der Waals surface area contributed by atoms with Gasteiger partial charge in [0.2, 0.25) is 0 Å². The fourth-order valence-electron chi connectivity index (χ4n) is 4.65. The summed E-state index contributed by atoms with van der Waals surface area (Å²) < 4.78 is 18.6. The van der Waals surface area contributed by atoms with E-state index in [2.05, 4.69) is 31.9 Å². The third-order valence-electron chi connectivity index (χ3n) is 6.50. The van der Waals surface area contributed by atoms with Gasteiger partial charge in [-0.2, -0.15) is 0 Å². The van der Waals surface area contributed by atoms with Crippen LogP contribution in [0.15, 0.2) is 75.7 Å². The number of hydrogen-bond donors (Lipinski definition) is 3. The van der Waals surface area contributed by atoms with Crippen molar-refractivity contribution in [1.82, 2.24) is 0 Å². The Morgan fingerprint density at radius 2 is 1.53 bits per heavy atom. The van der Waals surface area contributed by atoms with Crippen molar-refractivity contribution in [3.8, 4) is 34.5 Å². The smallest absolute Gasteiger partial charge is 0.137 e. The van der Waals surface area contributed by atoms with Crippen LogP contribution in [-0.2, 0) is 0 Å². The van der Waals surface area contributed by atoms with E-state index in [4.69, 9.17) is 14.2 Å². The molecule has 0 saturated carbocycles. The molecule has 1 heterocycles. The normalized spacial score (nSPS) is 16.3. The number of phenols is 3. The number of benzene rings is 4. The maximum absolute atomic E-state index is 10.4. The first-order valence-corrected chi connectivity index (χ1v) is 13.3. The van der Waals surface area contributed by atoms with Crippen LogP contribution in [0, 0.1) is 0 Å². The third-order valence-corrected chi connectivity index (χ3v) is 8.21. The second-order valence-electron chi connectivity index (χ2n) is 8.84. The Morgan fingerprint density at radius 1 is 0.763 bits per heavy atom. The topological polar surface area (TPSA) is 88.4 Å². The molecule has 1 aliphatic rings. The molecule has 0 spiro atoms. The molecule has 4 aromatic carbocycles. The van der Waals surface area contributed by atoms with Crippen molar-refractivity contribution < 1.29 is 29.5 Å². The van der Waals surface area contributed by atoms with Gasteiger partial charge in [0, 0.05) is 17.7 Å². The highest BCUT2D eigenvalue weighted by molar-refractivity contribution is 9.11. The molecule has 0 saturated heterocycles. The Bertz CT molecular complexity index is 1530. The van der Waals surface area contributed by atoms with Crippen molar-refractivity contribution in [2.24, 2.45) is 0 Å². The number of hydrogen-bond acceptors (Lipinski definition) is 6. The minimum atomic E-state index is -0.445. The van der Waals surface area contributed by atoms with Crippen molar-refractivity contribution in [3.63, 3.8) is 0 Å². The van der Waals surface area contributed by atoms with Gasteiger partial charge < -0.3 is 29.5 Å². The van der Waals surface area contributed by atoms with E-state index in [-0.39, 0.29) is 23.2 Å². The van der Waals surface area contributed by atoms with Gasteiger partial charge in [-0.1, -0.05) is 30.4 Å². The monoisotopic (exact) mass is 638 g/mol. The van der Waals surface area contributed by atoms with E-state index in [1.54, 1.807) is 32.4 Å². The predicted octanol–water partition coefficient (Wildman–Crippen LogP) is 7.78. The summed E-state index contributed by atoms with van der Waals surface area (Å²) in [6.45, 7) is 0. The molecule has 0 aliphatic carbocycles. The molecule has 1 aliphatic heterocycles. The lowest BCUT2D eigenvalue weighted by molar-refractivity contribution is 0.222. The van der Waals surface area contributed by atoms with Crippen LogP contribution < -0.4 is 14.2 Å². The SMILES string of the molecule is COc1cc(/C=C/c2ccc3c(c2)C(c2cc(O)cc(O)c2Br)C(c2ccc(O)cc2)O3)c(Br)c(OC)c1. The summed E-state index contributed by atoms with van der Waals surface area (Å²) in [4.78, 5) is 0. The molecule has 2 unspecified atom stereocenters. The van der Waals surface area contributed by atoms with Gasteiger partial charge in [0.25, 0.3) is 0 Å². The zero-order chi connectivity index (χ0) is 27.0. The Balaban J connectivity index is 1.59. The van der Waals surface area contributed by atoms with Gasteiger partial charge in [0.05, 0.1) is 29.1 Å². The first-order valence-electron chi connectivity index (χ1n) is 11.7. The lowest BCUT2D eigenvalue weighted by Crippen LogP contribution is -2.12. The Labute approximate surface area is 237 Å². The molecule has 0 bridgehead atoms. The summed E-state index contributed by atoms with van der Waals surface area (Å²) >= 11 is 7.11. The number of phenolic OH excluding ortho intramolecular Hbond substituents is 3.